The van der Waals surface area contributed by atoms with Crippen LogP contribution in [0.4, 0.5) is 0 Å². The smallest absolute Gasteiger partial charge is 0.462 e. The lowest BCUT2D eigenvalue weighted by atomic mass is 10.0. The fourth-order valence-electron chi connectivity index (χ4n) is 11.3. The number of phosphoric acid groups is 2. The molecule has 0 fully saturated rings. The van der Waals surface area contributed by atoms with Gasteiger partial charge in [-0.1, -0.05) is 323 Å². The van der Waals surface area contributed by atoms with Crippen molar-refractivity contribution >= 4 is 39.5 Å². The molecule has 0 saturated carbocycles. The second kappa shape index (κ2) is 68.3. The van der Waals surface area contributed by atoms with Crippen LogP contribution in [0.3, 0.4) is 0 Å². The lowest BCUT2D eigenvalue weighted by Crippen LogP contribution is -2.30. The number of allylic oxidation sites excluding steroid dienone is 4. The molecule has 0 spiro atoms. The van der Waals surface area contributed by atoms with Gasteiger partial charge in [0.15, 0.2) is 12.2 Å². The second-order valence-electron chi connectivity index (χ2n) is 28.0. The zero-order valence-corrected chi connectivity index (χ0v) is 63.9. The van der Waals surface area contributed by atoms with Crippen LogP contribution >= 0.6 is 15.6 Å². The molecule has 566 valence electrons. The highest BCUT2D eigenvalue weighted by atomic mass is 31.2. The quantitative estimate of drug-likeness (QED) is 0.0169. The Morgan fingerprint density at radius 1 is 0.323 bits per heavy atom. The third-order valence-corrected chi connectivity index (χ3v) is 19.2. The summed E-state index contributed by atoms with van der Waals surface area (Å²) in [6, 6.07) is 0. The Balaban J connectivity index is 5.30. The SMILES string of the molecule is CCCCCC/C=C\C=C/CCCCCCCC(=O)OC[C@H](COP(=O)(O)OC[C@@H](O)COP(=O)(O)OC[C@@H](COC(=O)CCCCCCCCCCCC(C)C)OC(=O)CCCCCCCCCCCCCCC)OC(=O)CCCCCCCCCCCCCCCC(C)C. The number of carbonyl (C=O) groups excluding carboxylic acids is 4. The first-order valence-electron chi connectivity index (χ1n) is 39.3. The molecule has 0 amide bonds. The largest absolute Gasteiger partial charge is 0.472 e. The van der Waals surface area contributed by atoms with E-state index in [1.54, 1.807) is 0 Å². The molecule has 0 aliphatic rings. The summed E-state index contributed by atoms with van der Waals surface area (Å²) < 4.78 is 68.5. The molecule has 0 radical (unpaired) electrons. The second-order valence-corrected chi connectivity index (χ2v) is 30.9. The molecule has 0 rings (SSSR count). The average molecular weight is 1410 g/mol. The maximum Gasteiger partial charge on any atom is 0.472 e. The lowest BCUT2D eigenvalue weighted by Gasteiger charge is -2.21. The van der Waals surface area contributed by atoms with Crippen molar-refractivity contribution in [2.75, 3.05) is 39.6 Å². The summed E-state index contributed by atoms with van der Waals surface area (Å²) in [5.74, 6) is -0.616. The van der Waals surface area contributed by atoms with Crippen molar-refractivity contribution in [3.63, 3.8) is 0 Å². The minimum atomic E-state index is -4.97. The van der Waals surface area contributed by atoms with E-state index in [0.29, 0.717) is 25.7 Å². The first-order valence-corrected chi connectivity index (χ1v) is 42.3. The van der Waals surface area contributed by atoms with Crippen LogP contribution in [-0.2, 0) is 65.4 Å². The highest BCUT2D eigenvalue weighted by Crippen LogP contribution is 2.45. The van der Waals surface area contributed by atoms with E-state index >= 15 is 0 Å². The molecular weight excluding hydrogens is 1260 g/mol. The summed E-state index contributed by atoms with van der Waals surface area (Å²) in [5, 5.41) is 10.6. The Kier molecular flexibility index (Phi) is 66.6. The molecule has 2 unspecified atom stereocenters. The van der Waals surface area contributed by atoms with Gasteiger partial charge in [-0.05, 0) is 63.2 Å². The number of ether oxygens (including phenoxy) is 4. The number of unbranched alkanes of at least 4 members (excludes halogenated alkanes) is 41. The van der Waals surface area contributed by atoms with Gasteiger partial charge in [0.1, 0.15) is 19.3 Å². The Bertz CT molecular complexity index is 1950. The summed E-state index contributed by atoms with van der Waals surface area (Å²) in [6.45, 7) is 9.54. The minimum Gasteiger partial charge on any atom is -0.462 e. The zero-order chi connectivity index (χ0) is 70.7. The van der Waals surface area contributed by atoms with Crippen molar-refractivity contribution in [1.82, 2.24) is 0 Å². The maximum absolute atomic E-state index is 13.1. The summed E-state index contributed by atoms with van der Waals surface area (Å²) in [5.41, 5.74) is 0. The van der Waals surface area contributed by atoms with Gasteiger partial charge in [-0.2, -0.15) is 0 Å². The molecule has 0 aliphatic heterocycles. The molecular formula is C77H146O17P2. The monoisotopic (exact) mass is 1410 g/mol. The number of phosphoric ester groups is 2. The van der Waals surface area contributed by atoms with Gasteiger partial charge in [0.25, 0.3) is 0 Å². The van der Waals surface area contributed by atoms with Crippen LogP contribution < -0.4 is 0 Å². The van der Waals surface area contributed by atoms with E-state index in [1.165, 1.54) is 173 Å². The van der Waals surface area contributed by atoms with Gasteiger partial charge in [-0.3, -0.25) is 37.3 Å². The first kappa shape index (κ1) is 93.5. The third-order valence-electron chi connectivity index (χ3n) is 17.3. The highest BCUT2D eigenvalue weighted by Gasteiger charge is 2.30. The van der Waals surface area contributed by atoms with E-state index < -0.39 is 97.5 Å². The van der Waals surface area contributed by atoms with Crippen molar-refractivity contribution in [1.29, 1.82) is 0 Å². The zero-order valence-electron chi connectivity index (χ0n) is 62.2. The van der Waals surface area contributed by atoms with Crippen molar-refractivity contribution < 1.29 is 80.2 Å². The predicted molar refractivity (Wildman–Crippen MR) is 391 cm³/mol. The summed E-state index contributed by atoms with van der Waals surface area (Å²) in [6.07, 6.45) is 58.9. The van der Waals surface area contributed by atoms with E-state index in [0.717, 1.165) is 121 Å². The van der Waals surface area contributed by atoms with Crippen molar-refractivity contribution in [2.24, 2.45) is 11.8 Å². The third kappa shape index (κ3) is 70.0. The maximum atomic E-state index is 13.1. The molecule has 17 nitrogen and oxygen atoms in total. The van der Waals surface area contributed by atoms with Crippen LogP contribution in [0.25, 0.3) is 0 Å². The van der Waals surface area contributed by atoms with E-state index in [-0.39, 0.29) is 25.7 Å². The van der Waals surface area contributed by atoms with E-state index in [9.17, 15) is 43.2 Å². The Morgan fingerprint density at radius 3 is 0.854 bits per heavy atom. The van der Waals surface area contributed by atoms with E-state index in [2.05, 4.69) is 65.8 Å². The Labute approximate surface area is 586 Å². The molecule has 0 aliphatic carbocycles. The number of esters is 4. The summed E-state index contributed by atoms with van der Waals surface area (Å²) >= 11 is 0. The van der Waals surface area contributed by atoms with Gasteiger partial charge < -0.3 is 33.8 Å². The molecule has 0 aromatic rings. The highest BCUT2D eigenvalue weighted by molar-refractivity contribution is 7.47. The van der Waals surface area contributed by atoms with Crippen LogP contribution in [0.2, 0.25) is 0 Å². The van der Waals surface area contributed by atoms with Gasteiger partial charge in [0.2, 0.25) is 0 Å². The Morgan fingerprint density at radius 2 is 0.562 bits per heavy atom. The predicted octanol–water partition coefficient (Wildman–Crippen LogP) is 22.3. The molecule has 0 saturated heterocycles. The topological polar surface area (TPSA) is 237 Å². The molecule has 19 heteroatoms. The number of carbonyl (C=O) groups is 4. The molecule has 0 bridgehead atoms. The van der Waals surface area contributed by atoms with Gasteiger partial charge in [0, 0.05) is 25.7 Å². The molecule has 0 aromatic carbocycles. The lowest BCUT2D eigenvalue weighted by molar-refractivity contribution is -0.161. The van der Waals surface area contributed by atoms with Crippen molar-refractivity contribution in [2.45, 2.75) is 394 Å². The van der Waals surface area contributed by atoms with Gasteiger partial charge in [-0.25, -0.2) is 9.13 Å². The van der Waals surface area contributed by atoms with Gasteiger partial charge >= 0.3 is 39.5 Å². The normalized spacial score (nSPS) is 14.2. The molecule has 0 heterocycles. The number of aliphatic hydroxyl groups excluding tert-OH is 1. The first-order chi connectivity index (χ1) is 46.4. The molecule has 0 aromatic heterocycles. The number of hydrogen-bond acceptors (Lipinski definition) is 15. The standard InChI is InChI=1S/C77H146O17P2/c1-7-9-11-13-15-17-19-21-22-26-29-35-41-47-53-59-74(79)87-65-72(93-77(82)62-56-50-44-37-31-27-23-25-28-33-39-45-51-57-69(3)4)67-91-95(83,84)89-63-71(78)64-90-96(85,86)92-68-73(66-88-75(80)60-54-48-42-38-32-34-40-46-52-58-70(5)6)94-76(81)61-55-49-43-36-30-24-20-18-16-14-12-10-8-2/h17,19,21-22,69-73,78H,7-16,18,20,23-68H2,1-6H3,(H,83,84)(H,85,86)/b19-17-,22-21-/t71-,72-,73-/m1/s1. The van der Waals surface area contributed by atoms with Crippen LogP contribution in [0.15, 0.2) is 24.3 Å². The average Bonchev–Trinajstić information content (AvgIpc) is 1.68. The Hall–Kier alpha value is -2.46. The molecule has 5 atom stereocenters. The fourth-order valence-corrected chi connectivity index (χ4v) is 12.9. The summed E-state index contributed by atoms with van der Waals surface area (Å²) in [7, 11) is -9.92. The van der Waals surface area contributed by atoms with Crippen LogP contribution in [0.1, 0.15) is 375 Å². The van der Waals surface area contributed by atoms with E-state index in [1.807, 2.05) is 0 Å². The van der Waals surface area contributed by atoms with Gasteiger partial charge in [-0.15, -0.1) is 0 Å². The summed E-state index contributed by atoms with van der Waals surface area (Å²) in [4.78, 5) is 72.9. The fraction of sp³-hybridized carbons (Fsp3) is 0.896. The number of hydrogen-bond donors (Lipinski definition) is 3. The van der Waals surface area contributed by atoms with Crippen molar-refractivity contribution in [3.05, 3.63) is 24.3 Å². The molecule has 3 N–H and O–H groups in total. The van der Waals surface area contributed by atoms with Crippen LogP contribution in [0, 0.1) is 11.8 Å². The van der Waals surface area contributed by atoms with E-state index in [4.69, 9.17) is 37.0 Å². The molecule has 96 heavy (non-hydrogen) atoms. The minimum absolute atomic E-state index is 0.100. The van der Waals surface area contributed by atoms with Crippen LogP contribution in [-0.4, -0.2) is 96.7 Å². The van der Waals surface area contributed by atoms with Crippen LogP contribution in [0.5, 0.6) is 0 Å². The van der Waals surface area contributed by atoms with Gasteiger partial charge in [0.05, 0.1) is 26.4 Å². The van der Waals surface area contributed by atoms with Crippen molar-refractivity contribution in [3.8, 4) is 0 Å². The number of aliphatic hydroxyl groups is 1. The number of rotatable bonds is 74.